The maximum absolute atomic E-state index is 11.4. The predicted octanol–water partition coefficient (Wildman–Crippen LogP) is 1.61. The van der Waals surface area contributed by atoms with Crippen LogP contribution in [0.5, 0.6) is 0 Å². The van der Waals surface area contributed by atoms with Crippen LogP contribution in [0.2, 0.25) is 0 Å². The Labute approximate surface area is 113 Å². The Morgan fingerprint density at radius 1 is 1.16 bits per heavy atom. The van der Waals surface area contributed by atoms with Crippen LogP contribution in [0, 0.1) is 0 Å². The summed E-state index contributed by atoms with van der Waals surface area (Å²) in [5.41, 5.74) is 8.39. The smallest absolute Gasteiger partial charge is 0.248 e. The second-order valence-electron chi connectivity index (χ2n) is 5.98. The molecule has 3 rings (SSSR count). The molecule has 104 valence electrons. The molecule has 1 atom stereocenters. The normalized spacial score (nSPS) is 30.9. The standard InChI is InChI=1S/C15H23N3O/c16-10-4-6-11(7-5-10)17-13-2-1-3-14-12(13)8-9-15(19)18-14/h8-11,13,17H,1-7,16H2,(H,18,19). The van der Waals surface area contributed by atoms with E-state index in [1.807, 2.05) is 6.07 Å². The van der Waals surface area contributed by atoms with Gasteiger partial charge in [0, 0.05) is 29.9 Å². The highest BCUT2D eigenvalue weighted by Gasteiger charge is 2.25. The summed E-state index contributed by atoms with van der Waals surface area (Å²) in [5, 5.41) is 3.78. The van der Waals surface area contributed by atoms with E-state index in [1.165, 1.54) is 24.8 Å². The van der Waals surface area contributed by atoms with Gasteiger partial charge in [0.2, 0.25) is 5.56 Å². The Kier molecular flexibility index (Phi) is 3.71. The summed E-state index contributed by atoms with van der Waals surface area (Å²) in [6.07, 6.45) is 7.93. The molecule has 2 aliphatic rings. The fourth-order valence-corrected chi connectivity index (χ4v) is 3.44. The number of aromatic amines is 1. The molecule has 1 unspecified atom stereocenters. The van der Waals surface area contributed by atoms with E-state index in [9.17, 15) is 4.79 Å². The quantitative estimate of drug-likeness (QED) is 0.757. The molecule has 1 aromatic heterocycles. The van der Waals surface area contributed by atoms with E-state index < -0.39 is 0 Å². The van der Waals surface area contributed by atoms with Crippen molar-refractivity contribution in [3.63, 3.8) is 0 Å². The van der Waals surface area contributed by atoms with Crippen LogP contribution >= 0.6 is 0 Å². The van der Waals surface area contributed by atoms with Crippen LogP contribution < -0.4 is 16.6 Å². The van der Waals surface area contributed by atoms with Crippen molar-refractivity contribution in [2.75, 3.05) is 0 Å². The van der Waals surface area contributed by atoms with Crippen LogP contribution in [0.25, 0.3) is 0 Å². The molecule has 2 aliphatic carbocycles. The molecule has 4 nitrogen and oxygen atoms in total. The van der Waals surface area contributed by atoms with Crippen molar-refractivity contribution in [2.24, 2.45) is 5.73 Å². The highest BCUT2D eigenvalue weighted by Crippen LogP contribution is 2.29. The van der Waals surface area contributed by atoms with Gasteiger partial charge in [-0.1, -0.05) is 6.07 Å². The summed E-state index contributed by atoms with van der Waals surface area (Å²) in [4.78, 5) is 14.4. The Balaban J connectivity index is 1.71. The summed E-state index contributed by atoms with van der Waals surface area (Å²) in [6.45, 7) is 0. The van der Waals surface area contributed by atoms with Gasteiger partial charge in [0.15, 0.2) is 0 Å². The van der Waals surface area contributed by atoms with Gasteiger partial charge in [0.25, 0.3) is 0 Å². The van der Waals surface area contributed by atoms with Gasteiger partial charge in [-0.25, -0.2) is 0 Å². The maximum atomic E-state index is 11.4. The average molecular weight is 261 g/mol. The third-order valence-corrected chi connectivity index (χ3v) is 4.54. The fourth-order valence-electron chi connectivity index (χ4n) is 3.44. The van der Waals surface area contributed by atoms with Crippen molar-refractivity contribution < 1.29 is 0 Å². The van der Waals surface area contributed by atoms with Crippen molar-refractivity contribution in [3.8, 4) is 0 Å². The number of hydrogen-bond acceptors (Lipinski definition) is 3. The summed E-state index contributed by atoms with van der Waals surface area (Å²) < 4.78 is 0. The van der Waals surface area contributed by atoms with Crippen LogP contribution in [0.1, 0.15) is 55.8 Å². The average Bonchev–Trinajstić information content (AvgIpc) is 2.41. The number of rotatable bonds is 2. The molecular weight excluding hydrogens is 238 g/mol. The van der Waals surface area contributed by atoms with E-state index in [-0.39, 0.29) is 5.56 Å². The lowest BCUT2D eigenvalue weighted by atomic mass is 9.87. The van der Waals surface area contributed by atoms with Gasteiger partial charge in [-0.05, 0) is 50.5 Å². The minimum atomic E-state index is 0.0167. The first-order valence-electron chi connectivity index (χ1n) is 7.46. The van der Waals surface area contributed by atoms with Crippen molar-refractivity contribution in [2.45, 2.75) is 63.1 Å². The molecule has 4 heteroatoms. The number of nitrogens with one attached hydrogen (secondary N) is 2. The zero-order valence-corrected chi connectivity index (χ0v) is 11.3. The van der Waals surface area contributed by atoms with E-state index in [2.05, 4.69) is 10.3 Å². The first kappa shape index (κ1) is 12.9. The largest absolute Gasteiger partial charge is 0.328 e. The lowest BCUT2D eigenvalue weighted by Crippen LogP contribution is -2.40. The van der Waals surface area contributed by atoms with Gasteiger partial charge in [-0.3, -0.25) is 4.79 Å². The molecule has 1 fully saturated rings. The number of aryl methyl sites for hydroxylation is 1. The van der Waals surface area contributed by atoms with Crippen LogP contribution in [0.4, 0.5) is 0 Å². The molecule has 1 aromatic rings. The van der Waals surface area contributed by atoms with E-state index in [0.717, 1.165) is 31.4 Å². The van der Waals surface area contributed by atoms with E-state index in [1.54, 1.807) is 6.07 Å². The number of fused-ring (bicyclic) bond motifs is 1. The molecule has 0 spiro atoms. The first-order valence-corrected chi connectivity index (χ1v) is 7.46. The maximum Gasteiger partial charge on any atom is 0.248 e. The minimum Gasteiger partial charge on any atom is -0.328 e. The molecule has 0 amide bonds. The predicted molar refractivity (Wildman–Crippen MR) is 76.1 cm³/mol. The van der Waals surface area contributed by atoms with Gasteiger partial charge in [-0.2, -0.15) is 0 Å². The monoisotopic (exact) mass is 261 g/mol. The van der Waals surface area contributed by atoms with Crippen molar-refractivity contribution in [3.05, 3.63) is 33.7 Å². The van der Waals surface area contributed by atoms with Gasteiger partial charge < -0.3 is 16.0 Å². The molecule has 4 N–H and O–H groups in total. The molecule has 0 saturated heterocycles. The van der Waals surface area contributed by atoms with Gasteiger partial charge >= 0.3 is 0 Å². The Morgan fingerprint density at radius 3 is 2.74 bits per heavy atom. The lowest BCUT2D eigenvalue weighted by molar-refractivity contribution is 0.301. The van der Waals surface area contributed by atoms with Crippen molar-refractivity contribution >= 4 is 0 Å². The summed E-state index contributed by atoms with van der Waals surface area (Å²) in [5.74, 6) is 0. The highest BCUT2D eigenvalue weighted by atomic mass is 16.1. The van der Waals surface area contributed by atoms with Crippen LogP contribution in [0.15, 0.2) is 16.9 Å². The van der Waals surface area contributed by atoms with Crippen LogP contribution in [0.3, 0.4) is 0 Å². The number of H-pyrrole nitrogens is 1. The molecule has 1 heterocycles. The molecule has 0 bridgehead atoms. The minimum absolute atomic E-state index is 0.0167. The number of pyridine rings is 1. The topological polar surface area (TPSA) is 70.9 Å². The summed E-state index contributed by atoms with van der Waals surface area (Å²) >= 11 is 0. The highest BCUT2D eigenvalue weighted by molar-refractivity contribution is 5.26. The van der Waals surface area contributed by atoms with Crippen molar-refractivity contribution in [1.29, 1.82) is 0 Å². The molecule has 0 aliphatic heterocycles. The van der Waals surface area contributed by atoms with Gasteiger partial charge in [0.05, 0.1) is 0 Å². The van der Waals surface area contributed by atoms with Crippen molar-refractivity contribution in [1.82, 2.24) is 10.3 Å². The Hall–Kier alpha value is -1.13. The Bertz CT molecular complexity index is 488. The summed E-state index contributed by atoms with van der Waals surface area (Å²) in [6, 6.07) is 5.03. The number of hydrogen-bond donors (Lipinski definition) is 3. The number of aromatic nitrogens is 1. The molecular formula is C15H23N3O. The Morgan fingerprint density at radius 2 is 1.95 bits per heavy atom. The SMILES string of the molecule is NC1CCC(NC2CCCc3[nH]c(=O)ccc32)CC1. The van der Waals surface area contributed by atoms with Crippen LogP contribution in [-0.2, 0) is 6.42 Å². The lowest BCUT2D eigenvalue weighted by Gasteiger charge is -2.33. The molecule has 19 heavy (non-hydrogen) atoms. The molecule has 1 saturated carbocycles. The summed E-state index contributed by atoms with van der Waals surface area (Å²) in [7, 11) is 0. The first-order chi connectivity index (χ1) is 9.22. The zero-order valence-electron chi connectivity index (χ0n) is 11.3. The fraction of sp³-hybridized carbons (Fsp3) is 0.667. The zero-order chi connectivity index (χ0) is 13.2. The third-order valence-electron chi connectivity index (χ3n) is 4.54. The number of nitrogens with two attached hydrogens (primary N) is 1. The van der Waals surface area contributed by atoms with E-state index in [4.69, 9.17) is 5.73 Å². The van der Waals surface area contributed by atoms with E-state index >= 15 is 0 Å². The second kappa shape index (κ2) is 5.47. The second-order valence-corrected chi connectivity index (χ2v) is 5.98. The third kappa shape index (κ3) is 2.90. The van der Waals surface area contributed by atoms with Crippen LogP contribution in [-0.4, -0.2) is 17.1 Å². The van der Waals surface area contributed by atoms with E-state index in [0.29, 0.717) is 18.1 Å². The molecule has 0 radical (unpaired) electrons. The van der Waals surface area contributed by atoms with Gasteiger partial charge in [-0.15, -0.1) is 0 Å². The molecule has 0 aromatic carbocycles. The van der Waals surface area contributed by atoms with Gasteiger partial charge in [0.1, 0.15) is 0 Å².